The molecule has 0 aliphatic carbocycles. The lowest BCUT2D eigenvalue weighted by Gasteiger charge is -1.79. The molecular weight excluding hydrogens is 168 g/mol. The Morgan fingerprint density at radius 1 is 1.15 bits per heavy atom. The highest BCUT2D eigenvalue weighted by molar-refractivity contribution is 5.77. The maximum Gasteiger partial charge on any atom is 0.153 e. The van der Waals surface area contributed by atoms with Crippen molar-refractivity contribution < 1.29 is 9.59 Å². The molecule has 0 saturated heterocycles. The van der Waals surface area contributed by atoms with Crippen molar-refractivity contribution >= 4 is 12.2 Å². The number of rotatable bonds is 3. The highest BCUT2D eigenvalue weighted by Crippen LogP contribution is 1.88. The van der Waals surface area contributed by atoms with E-state index in [2.05, 4.69) is 13.8 Å². The number of aldehydes is 1. The zero-order chi connectivity index (χ0) is 8.24. The third-order valence-corrected chi connectivity index (χ3v) is 0.843. The summed E-state index contributed by atoms with van der Waals surface area (Å²) in [5.74, 6) is 1.27. The van der Waals surface area contributed by atoms with Crippen molar-refractivity contribution in [2.24, 2.45) is 0 Å². The number of hydrogen-bond donors (Lipinski definition) is 2. The van der Waals surface area contributed by atoms with Gasteiger partial charge in [0.2, 0.25) is 0 Å². The summed E-state index contributed by atoms with van der Waals surface area (Å²) in [4.78, 5) is 18.1. The number of carbonyl (C=O) groups is 1. The lowest BCUT2D eigenvalue weighted by molar-refractivity contribution is -0.104. The van der Waals surface area contributed by atoms with E-state index in [0.29, 0.717) is 6.29 Å². The van der Waals surface area contributed by atoms with Crippen LogP contribution in [0.25, 0.3) is 0 Å². The van der Waals surface area contributed by atoms with Crippen LogP contribution in [0, 0.1) is 0 Å². The van der Waals surface area contributed by atoms with Crippen LogP contribution < -0.4 is 12.3 Å². The Morgan fingerprint density at radius 2 is 1.54 bits per heavy atom. The van der Waals surface area contributed by atoms with Crippen molar-refractivity contribution in [1.82, 2.24) is 12.3 Å². The second kappa shape index (κ2) is 43.8. The average Bonchev–Trinajstić information content (AvgIpc) is 1.93. The number of hydrogen-bond acceptors (Lipinski definition) is 4. The number of carbonyl (C=O) groups excluding carboxylic acids is 2. The first kappa shape index (κ1) is 29.6. The molecule has 0 atom stereocenters. The van der Waals surface area contributed by atoms with Gasteiger partial charge in [0.15, 0.2) is 6.29 Å². The summed E-state index contributed by atoms with van der Waals surface area (Å²) in [6.07, 6.45) is 5.22. The third kappa shape index (κ3) is 97.6. The Morgan fingerprint density at radius 3 is 1.54 bits per heavy atom. The average molecular weight is 192 g/mol. The van der Waals surface area contributed by atoms with Crippen molar-refractivity contribution in [2.75, 3.05) is 0 Å². The van der Waals surface area contributed by atoms with Crippen molar-refractivity contribution in [3.05, 3.63) is 6.08 Å². The molecule has 0 saturated carbocycles. The molecule has 6 N–H and O–H groups in total. The summed E-state index contributed by atoms with van der Waals surface area (Å²) < 4.78 is 0. The van der Waals surface area contributed by atoms with Gasteiger partial charge in [0.25, 0.3) is 0 Å². The van der Waals surface area contributed by atoms with Crippen LogP contribution in [0.4, 0.5) is 0 Å². The molecule has 13 heavy (non-hydrogen) atoms. The first-order chi connectivity index (χ1) is 4.83. The Kier molecular flexibility index (Phi) is 99.8. The lowest BCUT2D eigenvalue weighted by atomic mass is 10.3. The normalized spacial score (nSPS) is 5.08. The molecule has 0 heterocycles. The summed E-state index contributed by atoms with van der Waals surface area (Å²) >= 11 is 0. The van der Waals surface area contributed by atoms with Crippen LogP contribution in [0.5, 0.6) is 0 Å². The van der Waals surface area contributed by atoms with Crippen LogP contribution >= 0.6 is 0 Å². The van der Waals surface area contributed by atoms with Gasteiger partial charge in [-0.3, -0.25) is 4.79 Å². The van der Waals surface area contributed by atoms with Gasteiger partial charge in [0.1, 0.15) is 5.94 Å². The SMILES string of the molecule is C.CCCCC.N.N.O=C=CC=O. The molecule has 0 aliphatic rings. The van der Waals surface area contributed by atoms with Gasteiger partial charge < -0.3 is 12.3 Å². The van der Waals surface area contributed by atoms with Crippen molar-refractivity contribution in [3.8, 4) is 0 Å². The molecule has 0 rings (SSSR count). The van der Waals surface area contributed by atoms with Crippen LogP contribution in [0.15, 0.2) is 6.08 Å². The predicted octanol–water partition coefficient (Wildman–Crippen LogP) is 2.73. The third-order valence-electron chi connectivity index (χ3n) is 0.843. The van der Waals surface area contributed by atoms with Gasteiger partial charge in [-0.25, -0.2) is 4.79 Å². The molecule has 0 fully saturated rings. The molecule has 0 unspecified atom stereocenters. The molecule has 0 aromatic rings. The van der Waals surface area contributed by atoms with Crippen LogP contribution in [0.1, 0.15) is 40.5 Å². The zero-order valence-electron chi connectivity index (χ0n) is 8.01. The van der Waals surface area contributed by atoms with E-state index in [9.17, 15) is 0 Å². The van der Waals surface area contributed by atoms with E-state index in [1.54, 1.807) is 0 Å². The minimum Gasteiger partial charge on any atom is -0.344 e. The standard InChI is InChI=1S/C5H12.C3H2O2.CH4.2H3N/c1-3-5-4-2;4-2-1-3-5;;;/h3-5H2,1-2H3;1-2H;1H4;2*1H3. The van der Waals surface area contributed by atoms with Crippen LogP contribution in [0.3, 0.4) is 0 Å². The van der Waals surface area contributed by atoms with E-state index in [1.165, 1.54) is 25.2 Å². The van der Waals surface area contributed by atoms with Gasteiger partial charge >= 0.3 is 0 Å². The van der Waals surface area contributed by atoms with Gasteiger partial charge in [-0.1, -0.05) is 40.5 Å². The molecule has 0 radical (unpaired) electrons. The minimum atomic E-state index is 0. The second-order valence-electron chi connectivity index (χ2n) is 1.77. The van der Waals surface area contributed by atoms with E-state index in [4.69, 9.17) is 9.59 Å². The smallest absolute Gasteiger partial charge is 0.153 e. The topological polar surface area (TPSA) is 104 Å². The molecule has 0 aliphatic heterocycles. The maximum atomic E-state index is 9.09. The Bertz CT molecular complexity index is 108. The fourth-order valence-electron chi connectivity index (χ4n) is 0.381. The Hall–Kier alpha value is -0.960. The molecule has 4 heteroatoms. The van der Waals surface area contributed by atoms with Crippen molar-refractivity contribution in [3.63, 3.8) is 0 Å². The largest absolute Gasteiger partial charge is 0.344 e. The van der Waals surface area contributed by atoms with Crippen LogP contribution in [-0.4, -0.2) is 12.2 Å². The molecular formula is C9H24N2O2. The Balaban J connectivity index is -0.0000000267. The van der Waals surface area contributed by atoms with E-state index in [1.807, 2.05) is 0 Å². The summed E-state index contributed by atoms with van der Waals surface area (Å²) in [5, 5.41) is 0. The van der Waals surface area contributed by atoms with E-state index < -0.39 is 0 Å². The molecule has 0 spiro atoms. The maximum absolute atomic E-state index is 9.09. The van der Waals surface area contributed by atoms with Gasteiger partial charge in [0, 0.05) is 0 Å². The van der Waals surface area contributed by atoms with Crippen LogP contribution in [-0.2, 0) is 9.59 Å². The molecule has 0 bridgehead atoms. The monoisotopic (exact) mass is 192 g/mol. The van der Waals surface area contributed by atoms with Crippen LogP contribution in [0.2, 0.25) is 0 Å². The van der Waals surface area contributed by atoms with Gasteiger partial charge in [0.05, 0.1) is 6.08 Å². The fraction of sp³-hybridized carbons (Fsp3) is 0.667. The molecule has 0 aromatic carbocycles. The van der Waals surface area contributed by atoms with Gasteiger partial charge in [-0.15, -0.1) is 0 Å². The zero-order valence-corrected chi connectivity index (χ0v) is 8.01. The first-order valence-electron chi connectivity index (χ1n) is 3.48. The fourth-order valence-corrected chi connectivity index (χ4v) is 0.381. The highest BCUT2D eigenvalue weighted by Gasteiger charge is 1.68. The lowest BCUT2D eigenvalue weighted by Crippen LogP contribution is -1.59. The summed E-state index contributed by atoms with van der Waals surface area (Å²) in [5.41, 5.74) is 0. The second-order valence-corrected chi connectivity index (χ2v) is 1.77. The van der Waals surface area contributed by atoms with Gasteiger partial charge in [-0.2, -0.15) is 0 Å². The van der Waals surface area contributed by atoms with Crippen molar-refractivity contribution in [2.45, 2.75) is 40.5 Å². The first-order valence-corrected chi connectivity index (χ1v) is 3.48. The predicted molar refractivity (Wildman–Crippen MR) is 58.3 cm³/mol. The Labute approximate surface area is 81.6 Å². The molecule has 4 nitrogen and oxygen atoms in total. The summed E-state index contributed by atoms with van der Waals surface area (Å²) in [6.45, 7) is 4.42. The molecule has 82 valence electrons. The van der Waals surface area contributed by atoms with E-state index in [-0.39, 0.29) is 19.7 Å². The highest BCUT2D eigenvalue weighted by atomic mass is 16.1. The summed E-state index contributed by atoms with van der Waals surface area (Å²) in [6, 6.07) is 0. The number of unbranched alkanes of at least 4 members (excludes halogenated alkanes) is 2. The van der Waals surface area contributed by atoms with E-state index >= 15 is 0 Å². The van der Waals surface area contributed by atoms with Crippen molar-refractivity contribution in [1.29, 1.82) is 0 Å². The van der Waals surface area contributed by atoms with Gasteiger partial charge in [-0.05, 0) is 0 Å². The quantitative estimate of drug-likeness (QED) is 0.407. The summed E-state index contributed by atoms with van der Waals surface area (Å²) in [7, 11) is 0. The minimum absolute atomic E-state index is 0. The van der Waals surface area contributed by atoms with E-state index in [0.717, 1.165) is 6.08 Å². The number of allylic oxidation sites excluding steroid dienone is 1. The molecule has 0 aromatic heterocycles. The molecule has 0 amide bonds.